The quantitative estimate of drug-likeness (QED) is 0.616. The average Bonchev–Trinajstić information content (AvgIpc) is 2.90. The van der Waals surface area contributed by atoms with E-state index in [0.29, 0.717) is 15.6 Å². The van der Waals surface area contributed by atoms with E-state index in [1.807, 2.05) is 44.4 Å². The summed E-state index contributed by atoms with van der Waals surface area (Å²) in [7, 11) is 3.64. The van der Waals surface area contributed by atoms with E-state index in [9.17, 15) is 4.79 Å². The Labute approximate surface area is 149 Å². The number of carbonyl (C=O) groups is 1. The molecule has 0 amide bonds. The summed E-state index contributed by atoms with van der Waals surface area (Å²) in [5, 5.41) is 1.38. The van der Waals surface area contributed by atoms with Gasteiger partial charge in [0.05, 0.1) is 5.56 Å². The Hall–Kier alpha value is -2.31. The second-order valence-corrected chi connectivity index (χ2v) is 6.70. The van der Waals surface area contributed by atoms with E-state index >= 15 is 0 Å². The SMILES string of the molecule is CN(C)/C=C1\N=C(c2cccnc2Sc2ccc(Cl)cc2)OC1=O. The molecule has 0 unspecified atom stereocenters. The van der Waals surface area contributed by atoms with Crippen molar-refractivity contribution in [2.75, 3.05) is 14.1 Å². The van der Waals surface area contributed by atoms with Crippen LogP contribution in [-0.4, -0.2) is 35.8 Å². The molecule has 0 aliphatic carbocycles. The fourth-order valence-electron chi connectivity index (χ4n) is 2.01. The van der Waals surface area contributed by atoms with Gasteiger partial charge in [-0.1, -0.05) is 23.4 Å². The number of hydrogen-bond acceptors (Lipinski definition) is 6. The molecule has 0 saturated heterocycles. The summed E-state index contributed by atoms with van der Waals surface area (Å²) in [6, 6.07) is 11.1. The van der Waals surface area contributed by atoms with E-state index < -0.39 is 5.97 Å². The van der Waals surface area contributed by atoms with Gasteiger partial charge in [0, 0.05) is 36.4 Å². The van der Waals surface area contributed by atoms with Crippen LogP contribution in [-0.2, 0) is 9.53 Å². The molecule has 1 aliphatic heterocycles. The van der Waals surface area contributed by atoms with E-state index in [2.05, 4.69) is 9.98 Å². The Morgan fingerprint density at radius 2 is 1.96 bits per heavy atom. The third-order valence-electron chi connectivity index (χ3n) is 3.03. The molecule has 0 fully saturated rings. The average molecular weight is 360 g/mol. The fraction of sp³-hybridized carbons (Fsp3) is 0.118. The van der Waals surface area contributed by atoms with Crippen molar-refractivity contribution >= 4 is 35.2 Å². The van der Waals surface area contributed by atoms with Crippen molar-refractivity contribution in [3.8, 4) is 0 Å². The van der Waals surface area contributed by atoms with Crippen molar-refractivity contribution in [1.82, 2.24) is 9.88 Å². The number of nitrogens with zero attached hydrogens (tertiary/aromatic N) is 3. The maximum Gasteiger partial charge on any atom is 0.365 e. The van der Waals surface area contributed by atoms with Gasteiger partial charge in [-0.3, -0.25) is 0 Å². The molecule has 0 N–H and O–H groups in total. The number of ether oxygens (including phenoxy) is 1. The lowest BCUT2D eigenvalue weighted by Gasteiger charge is -2.06. The zero-order chi connectivity index (χ0) is 17.1. The normalized spacial score (nSPS) is 15.4. The smallest absolute Gasteiger partial charge is 0.365 e. The third kappa shape index (κ3) is 3.77. The summed E-state index contributed by atoms with van der Waals surface area (Å²) in [6.45, 7) is 0. The van der Waals surface area contributed by atoms with Crippen molar-refractivity contribution in [2.24, 2.45) is 4.99 Å². The van der Waals surface area contributed by atoms with Crippen LogP contribution in [0.1, 0.15) is 5.56 Å². The number of rotatable bonds is 4. The zero-order valence-corrected chi connectivity index (χ0v) is 14.6. The third-order valence-corrected chi connectivity index (χ3v) is 4.31. The molecule has 1 aliphatic rings. The molecule has 7 heteroatoms. The molecule has 2 aromatic rings. The molecule has 1 aromatic heterocycles. The van der Waals surface area contributed by atoms with E-state index in [1.165, 1.54) is 11.8 Å². The Morgan fingerprint density at radius 3 is 2.67 bits per heavy atom. The minimum Gasteiger partial charge on any atom is -0.402 e. The van der Waals surface area contributed by atoms with Crippen LogP contribution in [0.2, 0.25) is 5.02 Å². The predicted octanol–water partition coefficient (Wildman–Crippen LogP) is 3.59. The molecular formula is C17H14ClN3O2S. The summed E-state index contributed by atoms with van der Waals surface area (Å²) < 4.78 is 5.30. The van der Waals surface area contributed by atoms with Gasteiger partial charge >= 0.3 is 5.97 Å². The number of esters is 1. The van der Waals surface area contributed by atoms with Gasteiger partial charge in [-0.25, -0.2) is 14.8 Å². The van der Waals surface area contributed by atoms with E-state index in [0.717, 1.165) is 4.90 Å². The molecule has 2 heterocycles. The summed E-state index contributed by atoms with van der Waals surface area (Å²) in [4.78, 5) is 23.3. The van der Waals surface area contributed by atoms with Crippen LogP contribution >= 0.6 is 23.4 Å². The zero-order valence-electron chi connectivity index (χ0n) is 13.1. The van der Waals surface area contributed by atoms with E-state index in [-0.39, 0.29) is 11.6 Å². The van der Waals surface area contributed by atoms with Crippen LogP contribution in [0.25, 0.3) is 0 Å². The summed E-state index contributed by atoms with van der Waals surface area (Å²) in [5.41, 5.74) is 0.939. The van der Waals surface area contributed by atoms with Gasteiger partial charge in [-0.05, 0) is 36.4 Å². The Bertz CT molecular complexity index is 832. The molecular weight excluding hydrogens is 346 g/mol. The summed E-state index contributed by atoms with van der Waals surface area (Å²) in [5.74, 6) is -0.206. The number of aromatic nitrogens is 1. The minimum atomic E-state index is -0.468. The Morgan fingerprint density at radius 1 is 1.21 bits per heavy atom. The minimum absolute atomic E-state index is 0.262. The van der Waals surface area contributed by atoms with Gasteiger partial charge in [0.25, 0.3) is 0 Å². The standard InChI is InChI=1S/C17H14ClN3O2S/c1-21(2)10-14-17(22)23-15(20-14)13-4-3-9-19-16(13)24-12-7-5-11(18)6-8-12/h3-10H,1-2H3/b14-10-. The number of cyclic esters (lactones) is 1. The van der Waals surface area contributed by atoms with Crippen LogP contribution in [0.15, 0.2) is 69.4 Å². The molecule has 0 radical (unpaired) electrons. The largest absolute Gasteiger partial charge is 0.402 e. The van der Waals surface area contributed by atoms with Crippen molar-refractivity contribution in [1.29, 1.82) is 0 Å². The van der Waals surface area contributed by atoms with Gasteiger partial charge in [0.15, 0.2) is 5.70 Å². The maximum atomic E-state index is 11.9. The topological polar surface area (TPSA) is 54.8 Å². The lowest BCUT2D eigenvalue weighted by Crippen LogP contribution is -2.08. The highest BCUT2D eigenvalue weighted by atomic mass is 35.5. The highest BCUT2D eigenvalue weighted by Crippen LogP contribution is 2.31. The molecule has 3 rings (SSSR count). The van der Waals surface area contributed by atoms with Crippen LogP contribution in [0.4, 0.5) is 0 Å². The number of aliphatic imine (C=N–C) groups is 1. The first-order valence-electron chi connectivity index (χ1n) is 7.11. The molecule has 0 saturated carbocycles. The van der Waals surface area contributed by atoms with Crippen LogP contribution in [0, 0.1) is 0 Å². The molecule has 0 atom stereocenters. The highest BCUT2D eigenvalue weighted by molar-refractivity contribution is 7.99. The van der Waals surface area contributed by atoms with Gasteiger partial charge in [-0.15, -0.1) is 0 Å². The van der Waals surface area contributed by atoms with Crippen molar-refractivity contribution in [2.45, 2.75) is 9.92 Å². The summed E-state index contributed by atoms with van der Waals surface area (Å²) in [6.07, 6.45) is 3.31. The molecule has 0 spiro atoms. The molecule has 0 bridgehead atoms. The Kier molecular flexibility index (Phi) is 4.87. The first-order valence-corrected chi connectivity index (χ1v) is 8.30. The highest BCUT2D eigenvalue weighted by Gasteiger charge is 2.26. The predicted molar refractivity (Wildman–Crippen MR) is 94.2 cm³/mol. The monoisotopic (exact) mass is 359 g/mol. The second-order valence-electron chi connectivity index (χ2n) is 5.20. The van der Waals surface area contributed by atoms with Gasteiger partial charge < -0.3 is 9.64 Å². The summed E-state index contributed by atoms with van der Waals surface area (Å²) >= 11 is 7.37. The van der Waals surface area contributed by atoms with Gasteiger partial charge in [-0.2, -0.15) is 0 Å². The van der Waals surface area contributed by atoms with Crippen LogP contribution in [0.3, 0.4) is 0 Å². The molecule has 5 nitrogen and oxygen atoms in total. The van der Waals surface area contributed by atoms with Crippen molar-refractivity contribution < 1.29 is 9.53 Å². The van der Waals surface area contributed by atoms with Crippen molar-refractivity contribution in [3.05, 3.63) is 65.1 Å². The molecule has 122 valence electrons. The lowest BCUT2D eigenvalue weighted by atomic mass is 10.3. The maximum absolute atomic E-state index is 11.9. The fourth-order valence-corrected chi connectivity index (χ4v) is 3.01. The van der Waals surface area contributed by atoms with Gasteiger partial charge in [0.2, 0.25) is 5.90 Å². The lowest BCUT2D eigenvalue weighted by molar-refractivity contribution is -0.130. The van der Waals surface area contributed by atoms with Crippen LogP contribution < -0.4 is 0 Å². The molecule has 1 aromatic carbocycles. The second kappa shape index (κ2) is 7.07. The number of carbonyl (C=O) groups excluding carboxylic acids is 1. The number of hydrogen-bond donors (Lipinski definition) is 0. The Balaban J connectivity index is 1.92. The first kappa shape index (κ1) is 16.5. The molecule has 24 heavy (non-hydrogen) atoms. The van der Waals surface area contributed by atoms with Crippen LogP contribution in [0.5, 0.6) is 0 Å². The number of halogens is 1. The van der Waals surface area contributed by atoms with E-state index in [4.69, 9.17) is 16.3 Å². The number of pyridine rings is 1. The van der Waals surface area contributed by atoms with E-state index in [1.54, 1.807) is 23.4 Å². The first-order chi connectivity index (χ1) is 11.5. The van der Waals surface area contributed by atoms with Crippen molar-refractivity contribution in [3.63, 3.8) is 0 Å². The van der Waals surface area contributed by atoms with Gasteiger partial charge in [0.1, 0.15) is 5.03 Å². The number of benzene rings is 1.